The predicted octanol–water partition coefficient (Wildman–Crippen LogP) is 1.43. The average molecular weight is 285 g/mol. The summed E-state index contributed by atoms with van der Waals surface area (Å²) in [6.45, 7) is 0. The number of carbonyl (C=O) groups excluding carboxylic acids is 1. The van der Waals surface area contributed by atoms with Gasteiger partial charge in [0.1, 0.15) is 0 Å². The Bertz CT molecular complexity index is 520. The molecule has 0 atom stereocenters. The molecule has 0 saturated carbocycles. The van der Waals surface area contributed by atoms with Crippen molar-refractivity contribution in [3.8, 4) is 0 Å². The minimum absolute atomic E-state index is 0.230. The van der Waals surface area contributed by atoms with E-state index in [1.807, 2.05) is 0 Å². The molecule has 1 aromatic rings. The van der Waals surface area contributed by atoms with Crippen molar-refractivity contribution in [3.05, 3.63) is 29.8 Å². The Kier molecular flexibility index (Phi) is 5.50. The Morgan fingerprint density at radius 1 is 1.21 bits per heavy atom. The number of nitrogens with zero attached hydrogens (tertiary/aromatic N) is 1. The van der Waals surface area contributed by atoms with Gasteiger partial charge in [0.2, 0.25) is 10.0 Å². The van der Waals surface area contributed by atoms with Gasteiger partial charge in [0.15, 0.2) is 0 Å². The number of sulfonamides is 1. The molecule has 1 rings (SSSR count). The lowest BCUT2D eigenvalue weighted by molar-refractivity contribution is -0.140. The summed E-state index contributed by atoms with van der Waals surface area (Å²) < 4.78 is 29.4. The Morgan fingerprint density at radius 3 is 2.26 bits per heavy atom. The van der Waals surface area contributed by atoms with E-state index in [1.54, 1.807) is 24.3 Å². The number of benzene rings is 1. The van der Waals surface area contributed by atoms with Gasteiger partial charge in [0.05, 0.1) is 12.0 Å². The van der Waals surface area contributed by atoms with Crippen molar-refractivity contribution < 1.29 is 17.9 Å². The van der Waals surface area contributed by atoms with Gasteiger partial charge >= 0.3 is 5.97 Å². The van der Waals surface area contributed by atoms with Gasteiger partial charge in [-0.15, -0.1) is 0 Å². The van der Waals surface area contributed by atoms with Crippen LogP contribution in [0, 0.1) is 0 Å². The second-order valence-corrected chi connectivity index (χ2v) is 6.51. The summed E-state index contributed by atoms with van der Waals surface area (Å²) in [5, 5.41) is 0. The van der Waals surface area contributed by atoms with Gasteiger partial charge in [0.25, 0.3) is 0 Å². The summed E-state index contributed by atoms with van der Waals surface area (Å²) >= 11 is 0. The number of esters is 1. The van der Waals surface area contributed by atoms with Gasteiger partial charge in [-0.2, -0.15) is 0 Å². The van der Waals surface area contributed by atoms with Crippen molar-refractivity contribution in [1.29, 1.82) is 0 Å². The van der Waals surface area contributed by atoms with Gasteiger partial charge in [-0.25, -0.2) is 12.7 Å². The lowest BCUT2D eigenvalue weighted by Crippen LogP contribution is -2.22. The highest BCUT2D eigenvalue weighted by molar-refractivity contribution is 7.89. The molecule has 0 amide bonds. The zero-order valence-corrected chi connectivity index (χ0v) is 12.2. The molecule has 0 aromatic heterocycles. The van der Waals surface area contributed by atoms with Crippen LogP contribution in [0.1, 0.15) is 18.4 Å². The number of ether oxygens (including phenoxy) is 1. The molecule has 0 spiro atoms. The van der Waals surface area contributed by atoms with Crippen LogP contribution in [0.15, 0.2) is 29.2 Å². The lowest BCUT2D eigenvalue weighted by atomic mass is 10.1. The number of hydrogen-bond acceptors (Lipinski definition) is 4. The van der Waals surface area contributed by atoms with Gasteiger partial charge in [0, 0.05) is 20.5 Å². The van der Waals surface area contributed by atoms with Crippen LogP contribution < -0.4 is 0 Å². The lowest BCUT2D eigenvalue weighted by Gasteiger charge is -2.11. The number of methoxy groups -OCH3 is 1. The second kappa shape index (κ2) is 6.68. The zero-order valence-electron chi connectivity index (χ0n) is 11.4. The second-order valence-electron chi connectivity index (χ2n) is 4.36. The van der Waals surface area contributed by atoms with E-state index in [4.69, 9.17) is 0 Å². The maximum absolute atomic E-state index is 11.9. The summed E-state index contributed by atoms with van der Waals surface area (Å²) in [5.74, 6) is -0.230. The summed E-state index contributed by atoms with van der Waals surface area (Å²) in [6, 6.07) is 6.72. The number of aryl methyl sites for hydroxylation is 1. The van der Waals surface area contributed by atoms with Gasteiger partial charge in [-0.1, -0.05) is 12.1 Å². The fourth-order valence-electron chi connectivity index (χ4n) is 1.58. The fourth-order valence-corrected chi connectivity index (χ4v) is 2.48. The summed E-state index contributed by atoms with van der Waals surface area (Å²) in [7, 11) is 0.991. The first-order valence-corrected chi connectivity index (χ1v) is 7.40. The first-order valence-electron chi connectivity index (χ1n) is 5.96. The Balaban J connectivity index is 2.65. The van der Waals surface area contributed by atoms with Crippen molar-refractivity contribution in [2.45, 2.75) is 24.2 Å². The molecule has 0 aliphatic heterocycles. The Morgan fingerprint density at radius 2 is 1.79 bits per heavy atom. The van der Waals surface area contributed by atoms with E-state index >= 15 is 0 Å². The third-order valence-corrected chi connectivity index (χ3v) is 4.61. The molecule has 0 radical (unpaired) electrons. The number of rotatable bonds is 6. The zero-order chi connectivity index (χ0) is 14.5. The van der Waals surface area contributed by atoms with Crippen molar-refractivity contribution in [2.24, 2.45) is 0 Å². The van der Waals surface area contributed by atoms with E-state index in [1.165, 1.54) is 25.5 Å². The molecule has 1 aromatic carbocycles. The fraction of sp³-hybridized carbons (Fsp3) is 0.462. The van der Waals surface area contributed by atoms with Crippen LogP contribution in [0.25, 0.3) is 0 Å². The number of hydrogen-bond donors (Lipinski definition) is 0. The van der Waals surface area contributed by atoms with Crippen LogP contribution in [0.4, 0.5) is 0 Å². The maximum atomic E-state index is 11.9. The molecule has 0 fully saturated rings. The highest BCUT2D eigenvalue weighted by Gasteiger charge is 2.16. The van der Waals surface area contributed by atoms with E-state index in [-0.39, 0.29) is 10.9 Å². The third kappa shape index (κ3) is 4.33. The number of carbonyl (C=O) groups is 1. The topological polar surface area (TPSA) is 63.7 Å². The van der Waals surface area contributed by atoms with Crippen LogP contribution >= 0.6 is 0 Å². The molecule has 106 valence electrons. The molecule has 0 aliphatic carbocycles. The first-order chi connectivity index (χ1) is 8.87. The van der Waals surface area contributed by atoms with Gasteiger partial charge < -0.3 is 4.74 Å². The molecule has 19 heavy (non-hydrogen) atoms. The van der Waals surface area contributed by atoms with Gasteiger partial charge in [-0.05, 0) is 30.5 Å². The molecule has 0 N–H and O–H groups in total. The molecular formula is C13H19NO4S. The summed E-state index contributed by atoms with van der Waals surface area (Å²) in [4.78, 5) is 11.2. The van der Waals surface area contributed by atoms with E-state index in [2.05, 4.69) is 4.74 Å². The summed E-state index contributed by atoms with van der Waals surface area (Å²) in [6.07, 6.45) is 1.78. The largest absolute Gasteiger partial charge is 0.469 e. The van der Waals surface area contributed by atoms with Crippen LogP contribution in [0.5, 0.6) is 0 Å². The smallest absolute Gasteiger partial charge is 0.305 e. The summed E-state index contributed by atoms with van der Waals surface area (Å²) in [5.41, 5.74) is 1.00. The van der Waals surface area contributed by atoms with Crippen molar-refractivity contribution in [2.75, 3.05) is 21.2 Å². The normalized spacial score (nSPS) is 11.6. The molecule has 0 aliphatic rings. The minimum Gasteiger partial charge on any atom is -0.469 e. The van der Waals surface area contributed by atoms with E-state index in [0.29, 0.717) is 12.8 Å². The third-order valence-electron chi connectivity index (χ3n) is 2.78. The van der Waals surface area contributed by atoms with Gasteiger partial charge in [-0.3, -0.25) is 4.79 Å². The average Bonchev–Trinajstić information content (AvgIpc) is 2.39. The molecule has 0 bridgehead atoms. The predicted molar refractivity (Wildman–Crippen MR) is 72.3 cm³/mol. The SMILES string of the molecule is COC(=O)CCCc1ccc(S(=O)(=O)N(C)C)cc1. The van der Waals surface area contributed by atoms with Crippen LogP contribution in [0.2, 0.25) is 0 Å². The Hall–Kier alpha value is -1.40. The van der Waals surface area contributed by atoms with Crippen LogP contribution in [-0.4, -0.2) is 39.9 Å². The van der Waals surface area contributed by atoms with Crippen LogP contribution in [-0.2, 0) is 26.0 Å². The van der Waals surface area contributed by atoms with E-state index in [9.17, 15) is 13.2 Å². The van der Waals surface area contributed by atoms with Crippen molar-refractivity contribution >= 4 is 16.0 Å². The minimum atomic E-state index is -3.37. The Labute approximate surface area is 114 Å². The standard InChI is InChI=1S/C13H19NO4S/c1-14(2)19(16,17)12-9-7-11(8-10-12)5-4-6-13(15)18-3/h7-10H,4-6H2,1-3H3. The molecule has 0 saturated heterocycles. The van der Waals surface area contributed by atoms with Crippen LogP contribution in [0.3, 0.4) is 0 Å². The van der Waals surface area contributed by atoms with Crippen molar-refractivity contribution in [1.82, 2.24) is 4.31 Å². The molecule has 0 unspecified atom stereocenters. The van der Waals surface area contributed by atoms with E-state index in [0.717, 1.165) is 12.0 Å². The molecular weight excluding hydrogens is 266 g/mol. The maximum Gasteiger partial charge on any atom is 0.305 e. The molecule has 0 heterocycles. The molecule has 5 nitrogen and oxygen atoms in total. The highest BCUT2D eigenvalue weighted by atomic mass is 32.2. The quantitative estimate of drug-likeness (QED) is 0.742. The van der Waals surface area contributed by atoms with E-state index < -0.39 is 10.0 Å². The monoisotopic (exact) mass is 285 g/mol. The first kappa shape index (κ1) is 15.7. The molecule has 6 heteroatoms. The highest BCUT2D eigenvalue weighted by Crippen LogP contribution is 2.15. The van der Waals surface area contributed by atoms with Crippen molar-refractivity contribution in [3.63, 3.8) is 0 Å².